The number of halogens is 1. The quantitative estimate of drug-likeness (QED) is 0.423. The minimum atomic E-state index is -1.81. The van der Waals surface area contributed by atoms with Gasteiger partial charge in [-0.2, -0.15) is 0 Å². The first-order valence-corrected chi connectivity index (χ1v) is 2.93. The largest absolute Gasteiger partial charge is 0.394 e. The molecule has 1 aliphatic heterocycles. The van der Waals surface area contributed by atoms with Crippen LogP contribution in [0.25, 0.3) is 0 Å². The molecule has 1 saturated heterocycles. The lowest BCUT2D eigenvalue weighted by Gasteiger charge is -2.08. The number of rotatable bonds is 1. The second-order valence-electron chi connectivity index (χ2n) is 2.18. The fraction of sp³-hybridized carbons (Fsp3) is 1.00. The molecule has 4 nitrogen and oxygen atoms in total. The van der Waals surface area contributed by atoms with Gasteiger partial charge in [0.25, 0.3) is 0 Å². The summed E-state index contributed by atoms with van der Waals surface area (Å²) in [6, 6.07) is 0. The molecule has 1 fully saturated rings. The molecule has 0 aromatic carbocycles. The molecular weight excluding hydrogens is 143 g/mol. The Balaban J connectivity index is 2.53. The monoisotopic (exact) mass is 152 g/mol. The van der Waals surface area contributed by atoms with Crippen LogP contribution in [-0.2, 0) is 4.74 Å². The third-order valence-electron chi connectivity index (χ3n) is 1.47. The van der Waals surface area contributed by atoms with Gasteiger partial charge < -0.3 is 20.1 Å². The van der Waals surface area contributed by atoms with Crippen LogP contribution in [0.3, 0.4) is 0 Å². The second kappa shape index (κ2) is 2.79. The Morgan fingerprint density at radius 2 is 2.00 bits per heavy atom. The number of alkyl halides is 1. The third-order valence-corrected chi connectivity index (χ3v) is 1.47. The first-order chi connectivity index (χ1) is 4.66. The van der Waals surface area contributed by atoms with Crippen LogP contribution in [0.4, 0.5) is 4.39 Å². The third kappa shape index (κ3) is 1.13. The first kappa shape index (κ1) is 7.87. The molecule has 5 heteroatoms. The molecule has 0 spiro atoms. The lowest BCUT2D eigenvalue weighted by molar-refractivity contribution is -0.121. The standard InChI is InChI=1S/C5H9FO4/c6-3-4(8)2(1-7)10-5(3)9/h2-5,7-9H,1H2/t2-,3+,4+,5+/m1/s1. The summed E-state index contributed by atoms with van der Waals surface area (Å²) in [7, 11) is 0. The number of aliphatic hydroxyl groups is 3. The van der Waals surface area contributed by atoms with Crippen LogP contribution >= 0.6 is 0 Å². The zero-order valence-corrected chi connectivity index (χ0v) is 5.14. The van der Waals surface area contributed by atoms with Gasteiger partial charge in [0, 0.05) is 0 Å². The van der Waals surface area contributed by atoms with Crippen LogP contribution in [0.5, 0.6) is 0 Å². The maximum absolute atomic E-state index is 12.4. The summed E-state index contributed by atoms with van der Waals surface area (Å²) < 4.78 is 16.8. The van der Waals surface area contributed by atoms with Gasteiger partial charge in [-0.1, -0.05) is 0 Å². The molecular formula is C5H9FO4. The van der Waals surface area contributed by atoms with E-state index >= 15 is 0 Å². The van der Waals surface area contributed by atoms with Gasteiger partial charge in [0.2, 0.25) is 0 Å². The second-order valence-corrected chi connectivity index (χ2v) is 2.18. The van der Waals surface area contributed by atoms with Gasteiger partial charge in [0.15, 0.2) is 12.5 Å². The smallest absolute Gasteiger partial charge is 0.189 e. The Morgan fingerprint density at radius 1 is 1.40 bits per heavy atom. The van der Waals surface area contributed by atoms with E-state index in [0.717, 1.165) is 0 Å². The summed E-state index contributed by atoms with van der Waals surface area (Å²) in [4.78, 5) is 0. The Labute approximate surface area is 56.9 Å². The Kier molecular flexibility index (Phi) is 2.20. The SMILES string of the molecule is OC[C@H]1O[C@H](O)[C@@H](F)[C@H]1O. The van der Waals surface area contributed by atoms with Crippen LogP contribution in [0.1, 0.15) is 0 Å². The highest BCUT2D eigenvalue weighted by Gasteiger charge is 2.42. The average molecular weight is 152 g/mol. The summed E-state index contributed by atoms with van der Waals surface area (Å²) in [6.07, 6.45) is -5.82. The summed E-state index contributed by atoms with van der Waals surface area (Å²) >= 11 is 0. The zero-order chi connectivity index (χ0) is 7.72. The molecule has 0 saturated carbocycles. The van der Waals surface area contributed by atoms with Gasteiger partial charge in [0.05, 0.1) is 6.61 Å². The van der Waals surface area contributed by atoms with Crippen LogP contribution < -0.4 is 0 Å². The molecule has 10 heavy (non-hydrogen) atoms. The minimum Gasteiger partial charge on any atom is -0.394 e. The first-order valence-electron chi connectivity index (χ1n) is 2.93. The van der Waals surface area contributed by atoms with Crippen molar-refractivity contribution < 1.29 is 24.4 Å². The number of ether oxygens (including phenoxy) is 1. The molecule has 1 heterocycles. The van der Waals surface area contributed by atoms with Crippen molar-refractivity contribution >= 4 is 0 Å². The molecule has 4 atom stereocenters. The Hall–Kier alpha value is -0.230. The molecule has 1 aliphatic rings. The van der Waals surface area contributed by atoms with Gasteiger partial charge in [-0.3, -0.25) is 0 Å². The highest BCUT2D eigenvalue weighted by atomic mass is 19.1. The van der Waals surface area contributed by atoms with Gasteiger partial charge in [-0.05, 0) is 0 Å². The molecule has 0 bridgehead atoms. The van der Waals surface area contributed by atoms with Crippen molar-refractivity contribution in [2.45, 2.75) is 24.7 Å². The number of hydrogen-bond donors (Lipinski definition) is 3. The topological polar surface area (TPSA) is 69.9 Å². The van der Waals surface area contributed by atoms with E-state index in [2.05, 4.69) is 4.74 Å². The summed E-state index contributed by atoms with van der Waals surface area (Å²) in [6.45, 7) is -0.487. The molecule has 3 N–H and O–H groups in total. The van der Waals surface area contributed by atoms with E-state index in [-0.39, 0.29) is 0 Å². The van der Waals surface area contributed by atoms with Crippen molar-refractivity contribution in [2.24, 2.45) is 0 Å². The Bertz CT molecular complexity index is 120. The van der Waals surface area contributed by atoms with E-state index < -0.39 is 31.3 Å². The molecule has 0 unspecified atom stereocenters. The van der Waals surface area contributed by atoms with Crippen LogP contribution in [-0.4, -0.2) is 46.6 Å². The van der Waals surface area contributed by atoms with E-state index in [1.165, 1.54) is 0 Å². The molecule has 0 aromatic heterocycles. The zero-order valence-electron chi connectivity index (χ0n) is 5.14. The van der Waals surface area contributed by atoms with E-state index in [1.54, 1.807) is 0 Å². The number of aliphatic hydroxyl groups excluding tert-OH is 3. The predicted octanol–water partition coefficient (Wildman–Crippen LogP) is -1.61. The summed E-state index contributed by atoms with van der Waals surface area (Å²) in [5.74, 6) is 0. The molecule has 0 amide bonds. The van der Waals surface area contributed by atoms with Crippen molar-refractivity contribution in [1.29, 1.82) is 0 Å². The predicted molar refractivity (Wildman–Crippen MR) is 28.9 cm³/mol. The van der Waals surface area contributed by atoms with E-state index in [9.17, 15) is 4.39 Å². The van der Waals surface area contributed by atoms with Gasteiger partial charge >= 0.3 is 0 Å². The maximum atomic E-state index is 12.4. The highest BCUT2D eigenvalue weighted by molar-refractivity contribution is 4.85. The van der Waals surface area contributed by atoms with Crippen molar-refractivity contribution in [1.82, 2.24) is 0 Å². The van der Waals surface area contributed by atoms with Crippen LogP contribution in [0.2, 0.25) is 0 Å². The molecule has 1 rings (SSSR count). The highest BCUT2D eigenvalue weighted by Crippen LogP contribution is 2.21. The normalized spacial score (nSPS) is 48.0. The van der Waals surface area contributed by atoms with Crippen LogP contribution in [0.15, 0.2) is 0 Å². The maximum Gasteiger partial charge on any atom is 0.189 e. The van der Waals surface area contributed by atoms with E-state index in [4.69, 9.17) is 15.3 Å². The molecule has 0 radical (unpaired) electrons. The van der Waals surface area contributed by atoms with Crippen molar-refractivity contribution in [2.75, 3.05) is 6.61 Å². The fourth-order valence-corrected chi connectivity index (χ4v) is 0.859. The molecule has 60 valence electrons. The fourth-order valence-electron chi connectivity index (χ4n) is 0.859. The van der Waals surface area contributed by atoms with Gasteiger partial charge in [-0.15, -0.1) is 0 Å². The average Bonchev–Trinajstić information content (AvgIpc) is 2.17. The summed E-state index contributed by atoms with van der Waals surface area (Å²) in [5.41, 5.74) is 0. The summed E-state index contributed by atoms with van der Waals surface area (Å²) in [5, 5.41) is 25.8. The lowest BCUT2D eigenvalue weighted by Crippen LogP contribution is -2.30. The minimum absolute atomic E-state index is 0.487. The van der Waals surface area contributed by atoms with Crippen molar-refractivity contribution in [3.63, 3.8) is 0 Å². The van der Waals surface area contributed by atoms with Crippen molar-refractivity contribution in [3.05, 3.63) is 0 Å². The Morgan fingerprint density at radius 3 is 2.20 bits per heavy atom. The number of hydrogen-bond acceptors (Lipinski definition) is 4. The lowest BCUT2D eigenvalue weighted by atomic mass is 10.2. The van der Waals surface area contributed by atoms with Gasteiger partial charge in [0.1, 0.15) is 12.2 Å². The van der Waals surface area contributed by atoms with Crippen LogP contribution in [0, 0.1) is 0 Å². The van der Waals surface area contributed by atoms with E-state index in [0.29, 0.717) is 0 Å². The molecule has 0 aliphatic carbocycles. The van der Waals surface area contributed by atoms with Crippen molar-refractivity contribution in [3.8, 4) is 0 Å². The molecule has 0 aromatic rings. The van der Waals surface area contributed by atoms with Gasteiger partial charge in [-0.25, -0.2) is 4.39 Å². The van der Waals surface area contributed by atoms with E-state index in [1.807, 2.05) is 0 Å².